The molecule has 2 N–H and O–H groups in total. The molecule has 0 aliphatic heterocycles. The quantitative estimate of drug-likeness (QED) is 0.245. The molecule has 4 heterocycles. The second-order valence-electron chi connectivity index (χ2n) is 7.55. The first-order valence-electron chi connectivity index (χ1n) is 10.4. The van der Waals surface area contributed by atoms with Gasteiger partial charge in [0.1, 0.15) is 27.7 Å². The Hall–Kier alpha value is -4.11. The monoisotopic (exact) mass is 569 g/mol. The highest BCUT2D eigenvalue weighted by molar-refractivity contribution is 7.13. The molecule has 1 unspecified atom stereocenters. The topological polar surface area (TPSA) is 123 Å². The van der Waals surface area contributed by atoms with Crippen LogP contribution >= 0.6 is 22.9 Å². The van der Waals surface area contributed by atoms with Crippen LogP contribution < -0.4 is 10.6 Å². The molecule has 0 bridgehead atoms. The number of anilines is 1. The lowest BCUT2D eigenvalue weighted by atomic mass is 10.1. The number of amides is 2. The molecule has 196 valence electrons. The molecule has 4 rings (SSSR count). The van der Waals surface area contributed by atoms with E-state index in [-0.39, 0.29) is 27.6 Å². The van der Waals surface area contributed by atoms with Gasteiger partial charge in [-0.2, -0.15) is 26.9 Å². The highest BCUT2D eigenvalue weighted by atomic mass is 35.5. The van der Waals surface area contributed by atoms with Crippen LogP contribution in [0, 0.1) is 11.9 Å². The molecule has 0 saturated carbocycles. The molecule has 0 saturated heterocycles. The summed E-state index contributed by atoms with van der Waals surface area (Å²) in [5.74, 6) is -3.92. The number of thiazole rings is 1. The second kappa shape index (κ2) is 10.7. The molecule has 4 aromatic rings. The minimum atomic E-state index is -4.74. The number of carbonyl (C=O) groups is 2. The van der Waals surface area contributed by atoms with Gasteiger partial charge in [0.2, 0.25) is 11.9 Å². The van der Waals surface area contributed by atoms with Gasteiger partial charge in [0, 0.05) is 23.9 Å². The van der Waals surface area contributed by atoms with Crippen molar-refractivity contribution in [1.82, 2.24) is 30.2 Å². The number of nitrogens with one attached hydrogen (secondary N) is 2. The molecule has 9 nitrogen and oxygen atoms in total. The van der Waals surface area contributed by atoms with Crippen molar-refractivity contribution in [3.8, 4) is 11.3 Å². The molecule has 0 aliphatic rings. The fourth-order valence-electron chi connectivity index (χ4n) is 3.08. The lowest BCUT2D eigenvalue weighted by Crippen LogP contribution is -2.27. The Morgan fingerprint density at radius 2 is 1.68 bits per heavy atom. The number of halogens is 6. The van der Waals surface area contributed by atoms with E-state index in [2.05, 4.69) is 35.6 Å². The van der Waals surface area contributed by atoms with Gasteiger partial charge < -0.3 is 10.6 Å². The van der Waals surface area contributed by atoms with Gasteiger partial charge in [-0.1, -0.05) is 11.6 Å². The van der Waals surface area contributed by atoms with Gasteiger partial charge in [0.05, 0.1) is 28.5 Å². The summed E-state index contributed by atoms with van der Waals surface area (Å²) in [6.07, 6.45) is -1.73. The van der Waals surface area contributed by atoms with E-state index in [1.165, 1.54) is 12.3 Å². The van der Waals surface area contributed by atoms with Crippen molar-refractivity contribution in [2.45, 2.75) is 19.1 Å². The van der Waals surface area contributed by atoms with Crippen LogP contribution in [-0.2, 0) is 6.18 Å². The lowest BCUT2D eigenvalue weighted by molar-refractivity contribution is -0.137. The van der Waals surface area contributed by atoms with E-state index in [1.54, 1.807) is 6.92 Å². The molecule has 4 aromatic heterocycles. The zero-order chi connectivity index (χ0) is 27.6. The molecule has 38 heavy (non-hydrogen) atoms. The van der Waals surface area contributed by atoms with E-state index in [0.29, 0.717) is 11.1 Å². The van der Waals surface area contributed by atoms with Gasteiger partial charge in [-0.25, -0.2) is 19.9 Å². The maximum atomic E-state index is 13.4. The Morgan fingerprint density at radius 3 is 2.37 bits per heavy atom. The van der Waals surface area contributed by atoms with Crippen LogP contribution in [0.25, 0.3) is 11.3 Å². The van der Waals surface area contributed by atoms with Crippen molar-refractivity contribution in [3.05, 3.63) is 81.0 Å². The van der Waals surface area contributed by atoms with Crippen LogP contribution in [0.4, 0.5) is 27.8 Å². The number of aromatic nitrogens is 5. The normalized spacial score (nSPS) is 12.2. The Labute approximate surface area is 219 Å². The minimum absolute atomic E-state index is 0.0393. The first-order chi connectivity index (χ1) is 17.9. The maximum Gasteiger partial charge on any atom is 0.418 e. The van der Waals surface area contributed by atoms with E-state index < -0.39 is 46.5 Å². The molecule has 0 radical (unpaired) electrons. The summed E-state index contributed by atoms with van der Waals surface area (Å²) >= 11 is 6.42. The summed E-state index contributed by atoms with van der Waals surface area (Å²) in [5, 5.41) is 4.55. The molecule has 0 fully saturated rings. The summed E-state index contributed by atoms with van der Waals surface area (Å²) in [7, 11) is 0. The fraction of sp³-hybridized carbons (Fsp3) is 0.136. The molecule has 0 aliphatic carbocycles. The number of nitrogens with zero attached hydrogens (tertiary/aromatic N) is 5. The predicted octanol–water partition coefficient (Wildman–Crippen LogP) is 5.08. The lowest BCUT2D eigenvalue weighted by Gasteiger charge is -2.11. The number of carbonyl (C=O) groups excluding carboxylic acids is 2. The van der Waals surface area contributed by atoms with Crippen LogP contribution in [0.5, 0.6) is 0 Å². The number of rotatable bonds is 6. The molecule has 1 atom stereocenters. The molecule has 2 amide bonds. The van der Waals surface area contributed by atoms with E-state index in [9.17, 15) is 31.5 Å². The van der Waals surface area contributed by atoms with Gasteiger partial charge in [-0.15, -0.1) is 11.3 Å². The standard InChI is InChI=1S/C22H13ClF5N7O2S/c1-9(33-19(36)14-5-13(31-8-32-14)10-2-16(24)34-17(25)3-10)21-30-7-15(38-21)20(37)35-18-4-11(22(26,27)28)12(23)6-29-18/h2-9H,1H3,(H,33,36)(H,29,35,37). The van der Waals surface area contributed by atoms with Crippen molar-refractivity contribution in [1.29, 1.82) is 0 Å². The third-order valence-corrected chi connectivity index (χ3v) is 6.31. The number of alkyl halides is 3. The van der Waals surface area contributed by atoms with E-state index in [1.807, 2.05) is 0 Å². The van der Waals surface area contributed by atoms with Crippen molar-refractivity contribution in [2.75, 3.05) is 5.32 Å². The second-order valence-corrected chi connectivity index (χ2v) is 9.02. The Bertz CT molecular complexity index is 1510. The molecular weight excluding hydrogens is 557 g/mol. The van der Waals surface area contributed by atoms with Crippen LogP contribution in [0.15, 0.2) is 43.0 Å². The highest BCUT2D eigenvalue weighted by Crippen LogP contribution is 2.35. The van der Waals surface area contributed by atoms with E-state index in [4.69, 9.17) is 11.6 Å². The zero-order valence-corrected chi connectivity index (χ0v) is 20.4. The fourth-order valence-corrected chi connectivity index (χ4v) is 4.11. The summed E-state index contributed by atoms with van der Waals surface area (Å²) in [6.45, 7) is 1.57. The SMILES string of the molecule is CC(NC(=O)c1cc(-c2cc(F)nc(F)c2)ncn1)c1ncc(C(=O)Nc2cc(C(F)(F)F)c(Cl)cn2)s1. The number of pyridine rings is 2. The van der Waals surface area contributed by atoms with Crippen LogP contribution in [0.1, 0.15) is 43.7 Å². The third-order valence-electron chi connectivity index (χ3n) is 4.83. The largest absolute Gasteiger partial charge is 0.418 e. The van der Waals surface area contributed by atoms with Gasteiger partial charge in [-0.3, -0.25) is 9.59 Å². The van der Waals surface area contributed by atoms with E-state index >= 15 is 0 Å². The summed E-state index contributed by atoms with van der Waals surface area (Å²) < 4.78 is 66.0. The van der Waals surface area contributed by atoms with Gasteiger partial charge in [-0.05, 0) is 19.1 Å². The molecule has 0 aromatic carbocycles. The average Bonchev–Trinajstić information content (AvgIpc) is 3.35. The third kappa shape index (κ3) is 6.23. The Morgan fingerprint density at radius 1 is 0.974 bits per heavy atom. The van der Waals surface area contributed by atoms with Crippen LogP contribution in [-0.4, -0.2) is 36.7 Å². The summed E-state index contributed by atoms with van der Waals surface area (Å²) in [5.41, 5.74) is -1.13. The average molecular weight is 570 g/mol. The van der Waals surface area contributed by atoms with Crippen LogP contribution in [0.2, 0.25) is 5.02 Å². The van der Waals surface area contributed by atoms with Crippen molar-refractivity contribution in [2.24, 2.45) is 0 Å². The van der Waals surface area contributed by atoms with Crippen molar-refractivity contribution < 1.29 is 31.5 Å². The maximum absolute atomic E-state index is 13.4. The van der Waals surface area contributed by atoms with Crippen LogP contribution in [0.3, 0.4) is 0 Å². The smallest absolute Gasteiger partial charge is 0.342 e. The van der Waals surface area contributed by atoms with Gasteiger partial charge in [0.25, 0.3) is 11.8 Å². The Balaban J connectivity index is 1.44. The van der Waals surface area contributed by atoms with Gasteiger partial charge >= 0.3 is 6.18 Å². The number of hydrogen-bond acceptors (Lipinski definition) is 8. The highest BCUT2D eigenvalue weighted by Gasteiger charge is 2.34. The molecular formula is C22H13ClF5N7O2S. The van der Waals surface area contributed by atoms with Gasteiger partial charge in [0.15, 0.2) is 0 Å². The summed E-state index contributed by atoms with van der Waals surface area (Å²) in [6, 6.07) is 3.01. The van der Waals surface area contributed by atoms with Crippen molar-refractivity contribution in [3.63, 3.8) is 0 Å². The predicted molar refractivity (Wildman–Crippen MR) is 125 cm³/mol. The summed E-state index contributed by atoms with van der Waals surface area (Å²) in [4.78, 5) is 43.8. The zero-order valence-electron chi connectivity index (χ0n) is 18.8. The molecule has 16 heteroatoms. The first-order valence-corrected chi connectivity index (χ1v) is 11.6. The van der Waals surface area contributed by atoms with E-state index in [0.717, 1.165) is 36.0 Å². The first kappa shape index (κ1) is 26.9. The Kier molecular flexibility index (Phi) is 7.59. The molecule has 0 spiro atoms. The minimum Gasteiger partial charge on any atom is -0.342 e. The van der Waals surface area contributed by atoms with Crippen molar-refractivity contribution >= 4 is 40.6 Å². The number of hydrogen-bond donors (Lipinski definition) is 2.